The van der Waals surface area contributed by atoms with Gasteiger partial charge in [0.2, 0.25) is 0 Å². The number of nitrogens with zero attached hydrogens (tertiary/aromatic N) is 3. The number of imidazole rings is 1. The molecule has 3 aromatic rings. The van der Waals surface area contributed by atoms with E-state index in [9.17, 15) is 10.1 Å². The normalized spacial score (nSPS) is 11.3. The fraction of sp³-hybridized carbons (Fsp3) is 0.0625. The molecule has 5 heteroatoms. The summed E-state index contributed by atoms with van der Waals surface area (Å²) in [5.41, 5.74) is 2.86. The number of non-ortho nitro benzene ring substituents is 1. The van der Waals surface area contributed by atoms with Crippen molar-refractivity contribution >= 4 is 23.4 Å². The summed E-state index contributed by atoms with van der Waals surface area (Å²) < 4.78 is 1.99. The molecule has 0 amide bonds. The molecule has 0 aliphatic carbocycles. The first-order valence-corrected chi connectivity index (χ1v) is 6.51. The first-order chi connectivity index (χ1) is 10.1. The minimum absolute atomic E-state index is 0.0845. The molecule has 0 radical (unpaired) electrons. The Kier molecular flexibility index (Phi) is 3.23. The van der Waals surface area contributed by atoms with Gasteiger partial charge in [-0.2, -0.15) is 0 Å². The van der Waals surface area contributed by atoms with Crippen LogP contribution in [-0.2, 0) is 0 Å². The number of pyridine rings is 1. The minimum atomic E-state index is -0.396. The zero-order chi connectivity index (χ0) is 14.8. The Morgan fingerprint density at radius 1 is 1.19 bits per heavy atom. The van der Waals surface area contributed by atoms with Crippen LogP contribution in [-0.4, -0.2) is 14.3 Å². The number of fused-ring (bicyclic) bond motifs is 1. The summed E-state index contributed by atoms with van der Waals surface area (Å²) in [6.45, 7) is 1.96. The fourth-order valence-corrected chi connectivity index (χ4v) is 2.25. The molecular weight excluding hydrogens is 266 g/mol. The van der Waals surface area contributed by atoms with Gasteiger partial charge in [-0.25, -0.2) is 4.98 Å². The summed E-state index contributed by atoms with van der Waals surface area (Å²) in [5.74, 6) is 0.801. The Bertz CT molecular complexity index is 850. The van der Waals surface area contributed by atoms with Crippen LogP contribution < -0.4 is 0 Å². The molecule has 0 spiro atoms. The molecule has 0 atom stereocenters. The predicted molar refractivity (Wildman–Crippen MR) is 82.0 cm³/mol. The largest absolute Gasteiger partial charge is 0.300 e. The van der Waals surface area contributed by atoms with E-state index in [1.165, 1.54) is 6.07 Å². The molecule has 0 aliphatic heterocycles. The quantitative estimate of drug-likeness (QED) is 0.542. The van der Waals surface area contributed by atoms with E-state index in [-0.39, 0.29) is 5.69 Å². The van der Waals surface area contributed by atoms with Gasteiger partial charge in [-0.05, 0) is 30.7 Å². The molecule has 2 heterocycles. The summed E-state index contributed by atoms with van der Waals surface area (Å²) in [4.78, 5) is 14.9. The van der Waals surface area contributed by atoms with Crippen LogP contribution in [0.25, 0.3) is 17.7 Å². The third kappa shape index (κ3) is 2.53. The van der Waals surface area contributed by atoms with Crippen LogP contribution in [0.15, 0.2) is 48.7 Å². The van der Waals surface area contributed by atoms with Gasteiger partial charge < -0.3 is 4.40 Å². The summed E-state index contributed by atoms with van der Waals surface area (Å²) in [7, 11) is 0. The van der Waals surface area contributed by atoms with E-state index < -0.39 is 4.92 Å². The summed E-state index contributed by atoms with van der Waals surface area (Å²) in [6.07, 6.45) is 5.63. The van der Waals surface area contributed by atoms with E-state index in [1.807, 2.05) is 53.9 Å². The molecule has 1 aromatic carbocycles. The Morgan fingerprint density at radius 2 is 2.05 bits per heavy atom. The second kappa shape index (κ2) is 5.20. The maximum atomic E-state index is 10.8. The van der Waals surface area contributed by atoms with Crippen molar-refractivity contribution in [3.8, 4) is 0 Å². The third-order valence-electron chi connectivity index (χ3n) is 3.27. The lowest BCUT2D eigenvalue weighted by atomic mass is 10.2. The Balaban J connectivity index is 1.98. The number of benzene rings is 1. The smallest absolute Gasteiger partial charge is 0.270 e. The second-order valence-corrected chi connectivity index (χ2v) is 4.70. The number of hydrogen-bond donors (Lipinski definition) is 0. The van der Waals surface area contributed by atoms with Gasteiger partial charge in [-0.15, -0.1) is 0 Å². The van der Waals surface area contributed by atoms with E-state index in [0.717, 1.165) is 22.6 Å². The Morgan fingerprint density at radius 3 is 2.86 bits per heavy atom. The van der Waals surface area contributed by atoms with Crippen LogP contribution in [0, 0.1) is 17.0 Å². The maximum Gasteiger partial charge on any atom is 0.270 e. The van der Waals surface area contributed by atoms with Gasteiger partial charge in [0.05, 0.1) is 16.1 Å². The number of rotatable bonds is 3. The number of hydrogen-bond acceptors (Lipinski definition) is 3. The van der Waals surface area contributed by atoms with E-state index in [0.29, 0.717) is 0 Å². The van der Waals surface area contributed by atoms with Crippen molar-refractivity contribution in [3.05, 3.63) is 75.9 Å². The van der Waals surface area contributed by atoms with Crippen molar-refractivity contribution in [1.82, 2.24) is 9.38 Å². The zero-order valence-corrected chi connectivity index (χ0v) is 11.4. The highest BCUT2D eigenvalue weighted by molar-refractivity contribution is 5.70. The average Bonchev–Trinajstić information content (AvgIpc) is 2.82. The van der Waals surface area contributed by atoms with Crippen molar-refractivity contribution in [1.29, 1.82) is 0 Å². The van der Waals surface area contributed by atoms with E-state index in [4.69, 9.17) is 0 Å². The fourth-order valence-electron chi connectivity index (χ4n) is 2.25. The van der Waals surface area contributed by atoms with Crippen LogP contribution in [0.2, 0.25) is 0 Å². The molecule has 0 aliphatic rings. The first-order valence-electron chi connectivity index (χ1n) is 6.51. The van der Waals surface area contributed by atoms with E-state index in [1.54, 1.807) is 12.1 Å². The molecule has 0 N–H and O–H groups in total. The minimum Gasteiger partial charge on any atom is -0.300 e. The Labute approximate surface area is 121 Å². The van der Waals surface area contributed by atoms with Crippen molar-refractivity contribution in [2.45, 2.75) is 6.92 Å². The van der Waals surface area contributed by atoms with Gasteiger partial charge in [0.25, 0.3) is 5.69 Å². The standard InChI is InChI=1S/C16H13N3O2/c1-12-15-7-2-3-10-18(15)16(17-12)9-8-13-5-4-6-14(11-13)19(20)21/h2-11H,1H3/b9-8+. The molecule has 0 saturated carbocycles. The maximum absolute atomic E-state index is 10.8. The number of aromatic nitrogens is 2. The van der Waals surface area contributed by atoms with E-state index >= 15 is 0 Å². The summed E-state index contributed by atoms with van der Waals surface area (Å²) in [6, 6.07) is 12.4. The lowest BCUT2D eigenvalue weighted by molar-refractivity contribution is -0.384. The highest BCUT2D eigenvalue weighted by Crippen LogP contribution is 2.17. The van der Waals surface area contributed by atoms with Crippen molar-refractivity contribution in [3.63, 3.8) is 0 Å². The Hall–Kier alpha value is -2.95. The molecule has 3 rings (SSSR count). The molecule has 0 unspecified atom stereocenters. The number of aryl methyl sites for hydroxylation is 1. The van der Waals surface area contributed by atoms with Crippen molar-refractivity contribution in [2.75, 3.05) is 0 Å². The van der Waals surface area contributed by atoms with Crippen molar-refractivity contribution < 1.29 is 4.92 Å². The molecule has 5 nitrogen and oxygen atoms in total. The molecule has 21 heavy (non-hydrogen) atoms. The molecule has 0 fully saturated rings. The van der Waals surface area contributed by atoms with Crippen LogP contribution in [0.1, 0.15) is 17.1 Å². The predicted octanol–water partition coefficient (Wildman–Crippen LogP) is 3.72. The molecule has 2 aromatic heterocycles. The zero-order valence-electron chi connectivity index (χ0n) is 11.4. The van der Waals surface area contributed by atoms with Gasteiger partial charge in [0, 0.05) is 18.3 Å². The second-order valence-electron chi connectivity index (χ2n) is 4.70. The third-order valence-corrected chi connectivity index (χ3v) is 3.27. The van der Waals surface area contributed by atoms with Crippen LogP contribution >= 0.6 is 0 Å². The molecule has 0 saturated heterocycles. The van der Waals surface area contributed by atoms with Gasteiger partial charge in [-0.1, -0.05) is 24.3 Å². The van der Waals surface area contributed by atoms with Gasteiger partial charge in [0.1, 0.15) is 5.82 Å². The van der Waals surface area contributed by atoms with Gasteiger partial charge in [-0.3, -0.25) is 10.1 Å². The molecule has 104 valence electrons. The van der Waals surface area contributed by atoms with E-state index in [2.05, 4.69) is 4.98 Å². The average molecular weight is 279 g/mol. The lowest BCUT2D eigenvalue weighted by Crippen LogP contribution is -1.88. The highest BCUT2D eigenvalue weighted by Gasteiger charge is 2.05. The van der Waals surface area contributed by atoms with Crippen LogP contribution in [0.3, 0.4) is 0 Å². The summed E-state index contributed by atoms with van der Waals surface area (Å²) in [5, 5.41) is 10.8. The molecular formula is C16H13N3O2. The number of nitro benzene ring substituents is 1. The summed E-state index contributed by atoms with van der Waals surface area (Å²) >= 11 is 0. The monoisotopic (exact) mass is 279 g/mol. The molecule has 0 bridgehead atoms. The first kappa shape index (κ1) is 13.1. The van der Waals surface area contributed by atoms with Gasteiger partial charge >= 0.3 is 0 Å². The lowest BCUT2D eigenvalue weighted by Gasteiger charge is -1.96. The van der Waals surface area contributed by atoms with Crippen LogP contribution in [0.4, 0.5) is 5.69 Å². The topological polar surface area (TPSA) is 60.4 Å². The van der Waals surface area contributed by atoms with Crippen LogP contribution in [0.5, 0.6) is 0 Å². The van der Waals surface area contributed by atoms with Gasteiger partial charge in [0.15, 0.2) is 0 Å². The highest BCUT2D eigenvalue weighted by atomic mass is 16.6. The van der Waals surface area contributed by atoms with Crippen molar-refractivity contribution in [2.24, 2.45) is 0 Å². The number of nitro groups is 1. The SMILES string of the molecule is Cc1nc(/C=C/c2cccc([N+](=O)[O-])c2)n2ccccc12.